The van der Waals surface area contributed by atoms with Crippen molar-refractivity contribution in [3.63, 3.8) is 0 Å². The van der Waals surface area contributed by atoms with E-state index in [2.05, 4.69) is 10.2 Å². The van der Waals surface area contributed by atoms with Gasteiger partial charge >= 0.3 is 0 Å². The number of aryl methyl sites for hydroxylation is 1. The third-order valence-corrected chi connectivity index (χ3v) is 3.17. The number of hydrogen-bond acceptors (Lipinski definition) is 3. The predicted octanol–water partition coefficient (Wildman–Crippen LogP) is 1.71. The number of H-pyrrole nitrogens is 1. The summed E-state index contributed by atoms with van der Waals surface area (Å²) in [7, 11) is 0. The Kier molecular flexibility index (Phi) is 2.51. The summed E-state index contributed by atoms with van der Waals surface area (Å²) in [6.45, 7) is 0.696. The molecule has 0 unspecified atom stereocenters. The number of nitrogens with zero attached hydrogens (tertiary/aromatic N) is 2. The molecule has 92 valence electrons. The van der Waals surface area contributed by atoms with Gasteiger partial charge in [0.2, 0.25) is 0 Å². The van der Waals surface area contributed by atoms with Gasteiger partial charge in [-0.2, -0.15) is 5.10 Å². The predicted molar refractivity (Wildman–Crippen MR) is 66.7 cm³/mol. The Hall–Kier alpha value is -2.30. The van der Waals surface area contributed by atoms with E-state index in [0.717, 1.165) is 24.1 Å². The number of carbonyl (C=O) groups is 1. The van der Waals surface area contributed by atoms with Crippen molar-refractivity contribution in [1.29, 1.82) is 0 Å². The van der Waals surface area contributed by atoms with Crippen LogP contribution in [0, 0.1) is 0 Å². The summed E-state index contributed by atoms with van der Waals surface area (Å²) in [5.41, 5.74) is 2.44. The molecule has 0 saturated carbocycles. The minimum atomic E-state index is -0.0598. The number of aromatic hydroxyl groups is 1. The zero-order valence-corrected chi connectivity index (χ0v) is 9.76. The van der Waals surface area contributed by atoms with Crippen molar-refractivity contribution in [2.45, 2.75) is 12.8 Å². The Balaban J connectivity index is 1.99. The lowest BCUT2D eigenvalue weighted by Gasteiger charge is -2.29. The van der Waals surface area contributed by atoms with E-state index in [4.69, 9.17) is 0 Å². The molecule has 1 aliphatic heterocycles. The van der Waals surface area contributed by atoms with E-state index >= 15 is 0 Å². The number of phenols is 1. The molecule has 3 rings (SSSR count). The molecule has 5 nitrogen and oxygen atoms in total. The summed E-state index contributed by atoms with van der Waals surface area (Å²) in [5, 5.41) is 15.9. The SMILES string of the molecule is O=C(c1cn[nH]c1)N1CCCc2cc(O)ccc21. The standard InChI is InChI=1S/C13H13N3O2/c17-11-3-4-12-9(6-11)2-1-5-16(12)13(18)10-7-14-15-8-10/h3-4,6-8,17H,1-2,5H2,(H,14,15). The van der Waals surface area contributed by atoms with E-state index in [-0.39, 0.29) is 11.7 Å². The molecule has 18 heavy (non-hydrogen) atoms. The van der Waals surface area contributed by atoms with Gasteiger partial charge in [-0.05, 0) is 36.6 Å². The van der Waals surface area contributed by atoms with Crippen LogP contribution in [-0.2, 0) is 6.42 Å². The maximum Gasteiger partial charge on any atom is 0.261 e. The van der Waals surface area contributed by atoms with Crippen molar-refractivity contribution in [2.75, 3.05) is 11.4 Å². The average molecular weight is 243 g/mol. The molecule has 0 fully saturated rings. The van der Waals surface area contributed by atoms with Gasteiger partial charge in [0.1, 0.15) is 5.75 Å². The van der Waals surface area contributed by atoms with Gasteiger partial charge in [-0.3, -0.25) is 9.89 Å². The molecular weight excluding hydrogens is 230 g/mol. The molecule has 0 bridgehead atoms. The van der Waals surface area contributed by atoms with Gasteiger partial charge in [-0.15, -0.1) is 0 Å². The minimum absolute atomic E-state index is 0.0598. The molecule has 1 aromatic heterocycles. The van der Waals surface area contributed by atoms with Crippen LogP contribution in [0.1, 0.15) is 22.3 Å². The Morgan fingerprint density at radius 3 is 3.11 bits per heavy atom. The largest absolute Gasteiger partial charge is 0.508 e. The first-order chi connectivity index (χ1) is 8.75. The molecule has 0 saturated heterocycles. The van der Waals surface area contributed by atoms with Gasteiger partial charge in [-0.25, -0.2) is 0 Å². The van der Waals surface area contributed by atoms with Crippen LogP contribution in [0.25, 0.3) is 0 Å². The fourth-order valence-electron chi connectivity index (χ4n) is 2.32. The molecule has 1 aliphatic rings. The smallest absolute Gasteiger partial charge is 0.261 e. The van der Waals surface area contributed by atoms with Crippen LogP contribution in [0.4, 0.5) is 5.69 Å². The summed E-state index contributed by atoms with van der Waals surface area (Å²) in [6, 6.07) is 5.13. The van der Waals surface area contributed by atoms with Crippen LogP contribution < -0.4 is 4.90 Å². The third-order valence-electron chi connectivity index (χ3n) is 3.17. The molecule has 0 atom stereocenters. The van der Waals surface area contributed by atoms with E-state index in [1.54, 1.807) is 29.3 Å². The molecule has 1 amide bonds. The van der Waals surface area contributed by atoms with Gasteiger partial charge < -0.3 is 10.0 Å². The van der Waals surface area contributed by atoms with Crippen LogP contribution in [-0.4, -0.2) is 27.8 Å². The maximum absolute atomic E-state index is 12.3. The molecule has 0 aliphatic carbocycles. The number of aromatic nitrogens is 2. The number of phenolic OH excluding ortho intramolecular Hbond substituents is 1. The van der Waals surface area contributed by atoms with E-state index in [1.807, 2.05) is 0 Å². The number of rotatable bonds is 1. The normalized spacial score (nSPS) is 14.3. The van der Waals surface area contributed by atoms with Crippen LogP contribution >= 0.6 is 0 Å². The van der Waals surface area contributed by atoms with Gasteiger partial charge in [0.25, 0.3) is 5.91 Å². The Labute approximate surface area is 104 Å². The number of anilines is 1. The molecule has 0 spiro atoms. The molecule has 2 heterocycles. The Morgan fingerprint density at radius 1 is 1.44 bits per heavy atom. The highest BCUT2D eigenvalue weighted by atomic mass is 16.3. The van der Waals surface area contributed by atoms with E-state index < -0.39 is 0 Å². The first-order valence-corrected chi connectivity index (χ1v) is 5.88. The van der Waals surface area contributed by atoms with Crippen LogP contribution in [0.15, 0.2) is 30.6 Å². The number of aromatic amines is 1. The maximum atomic E-state index is 12.3. The van der Waals surface area contributed by atoms with Gasteiger partial charge in [0.15, 0.2) is 0 Å². The van der Waals surface area contributed by atoms with Crippen molar-refractivity contribution >= 4 is 11.6 Å². The number of fused-ring (bicyclic) bond motifs is 1. The quantitative estimate of drug-likeness (QED) is 0.801. The lowest BCUT2D eigenvalue weighted by atomic mass is 10.0. The Bertz CT molecular complexity index is 578. The second-order valence-corrected chi connectivity index (χ2v) is 4.36. The highest BCUT2D eigenvalue weighted by Gasteiger charge is 2.24. The lowest BCUT2D eigenvalue weighted by Crippen LogP contribution is -2.35. The third kappa shape index (κ3) is 1.73. The van der Waals surface area contributed by atoms with Crippen molar-refractivity contribution in [2.24, 2.45) is 0 Å². The number of benzene rings is 1. The summed E-state index contributed by atoms with van der Waals surface area (Å²) < 4.78 is 0. The van der Waals surface area contributed by atoms with E-state index in [1.165, 1.54) is 6.20 Å². The molecule has 2 N–H and O–H groups in total. The molecule has 0 radical (unpaired) electrons. The first kappa shape index (κ1) is 10.8. The average Bonchev–Trinajstić information content (AvgIpc) is 2.90. The highest BCUT2D eigenvalue weighted by molar-refractivity contribution is 6.06. The number of carbonyl (C=O) groups excluding carboxylic acids is 1. The van der Waals surface area contributed by atoms with Crippen molar-refractivity contribution < 1.29 is 9.90 Å². The molecule has 5 heteroatoms. The second kappa shape index (κ2) is 4.18. The molecule has 2 aromatic rings. The van der Waals surface area contributed by atoms with Crippen molar-refractivity contribution in [3.8, 4) is 5.75 Å². The second-order valence-electron chi connectivity index (χ2n) is 4.36. The first-order valence-electron chi connectivity index (χ1n) is 5.88. The Morgan fingerprint density at radius 2 is 2.33 bits per heavy atom. The number of hydrogen-bond donors (Lipinski definition) is 2. The lowest BCUT2D eigenvalue weighted by molar-refractivity contribution is 0.0985. The summed E-state index contributed by atoms with van der Waals surface area (Å²) in [5.74, 6) is 0.182. The minimum Gasteiger partial charge on any atom is -0.508 e. The van der Waals surface area contributed by atoms with Gasteiger partial charge in [-0.1, -0.05) is 0 Å². The molecular formula is C13H13N3O2. The summed E-state index contributed by atoms with van der Waals surface area (Å²) in [4.78, 5) is 14.1. The van der Waals surface area contributed by atoms with Crippen LogP contribution in [0.5, 0.6) is 5.75 Å². The van der Waals surface area contributed by atoms with Crippen molar-refractivity contribution in [3.05, 3.63) is 41.7 Å². The zero-order chi connectivity index (χ0) is 12.5. The fourth-order valence-corrected chi connectivity index (χ4v) is 2.32. The number of nitrogens with one attached hydrogen (secondary N) is 1. The zero-order valence-electron chi connectivity index (χ0n) is 9.76. The topological polar surface area (TPSA) is 69.2 Å². The van der Waals surface area contributed by atoms with E-state index in [0.29, 0.717) is 12.1 Å². The number of amides is 1. The summed E-state index contributed by atoms with van der Waals surface area (Å²) >= 11 is 0. The highest BCUT2D eigenvalue weighted by Crippen LogP contribution is 2.30. The van der Waals surface area contributed by atoms with E-state index in [9.17, 15) is 9.90 Å². The fraction of sp³-hybridized carbons (Fsp3) is 0.231. The van der Waals surface area contributed by atoms with Crippen LogP contribution in [0.2, 0.25) is 0 Å². The van der Waals surface area contributed by atoms with Crippen LogP contribution in [0.3, 0.4) is 0 Å². The van der Waals surface area contributed by atoms with Gasteiger partial charge in [0, 0.05) is 18.4 Å². The van der Waals surface area contributed by atoms with Gasteiger partial charge in [0.05, 0.1) is 11.8 Å². The molecule has 1 aromatic carbocycles. The monoisotopic (exact) mass is 243 g/mol. The van der Waals surface area contributed by atoms with Crippen molar-refractivity contribution in [1.82, 2.24) is 10.2 Å². The summed E-state index contributed by atoms with van der Waals surface area (Å²) in [6.07, 6.45) is 4.91.